The molecule has 0 bridgehead atoms. The molecule has 0 radical (unpaired) electrons. The van der Waals surface area contributed by atoms with E-state index >= 15 is 0 Å². The Morgan fingerprint density at radius 1 is 1.28 bits per heavy atom. The van der Waals surface area contributed by atoms with Gasteiger partial charge in [-0.25, -0.2) is 4.98 Å². The maximum Gasteiger partial charge on any atom is 0.265 e. The van der Waals surface area contributed by atoms with Gasteiger partial charge in [-0.05, 0) is 13.3 Å². The minimum absolute atomic E-state index is 0.0934. The second kappa shape index (κ2) is 6.86. The third-order valence-corrected chi connectivity index (χ3v) is 6.19. The molecule has 1 amide bonds. The van der Waals surface area contributed by atoms with E-state index in [-0.39, 0.29) is 11.9 Å². The van der Waals surface area contributed by atoms with Crippen LogP contribution in [0.1, 0.15) is 23.0 Å². The highest BCUT2D eigenvalue weighted by Crippen LogP contribution is 2.29. The minimum atomic E-state index is 0.0934. The Labute approximate surface area is 151 Å². The molecule has 2 saturated heterocycles. The molecule has 25 heavy (non-hydrogen) atoms. The maximum atomic E-state index is 13.0. The monoisotopic (exact) mass is 361 g/mol. The molecule has 134 valence electrons. The van der Waals surface area contributed by atoms with Gasteiger partial charge in [-0.2, -0.15) is 5.10 Å². The Balaban J connectivity index is 1.47. The molecule has 4 rings (SSSR count). The maximum absolute atomic E-state index is 13.0. The summed E-state index contributed by atoms with van der Waals surface area (Å²) in [4.78, 5) is 22.6. The normalized spacial score (nSPS) is 24.8. The largest absolute Gasteiger partial charge is 0.379 e. The summed E-state index contributed by atoms with van der Waals surface area (Å²) >= 11 is 1.44. The van der Waals surface area contributed by atoms with Gasteiger partial charge in [-0.1, -0.05) is 0 Å². The van der Waals surface area contributed by atoms with Crippen LogP contribution in [0.5, 0.6) is 0 Å². The Kier molecular flexibility index (Phi) is 4.58. The van der Waals surface area contributed by atoms with Crippen LogP contribution in [0.4, 0.5) is 0 Å². The van der Waals surface area contributed by atoms with E-state index < -0.39 is 0 Å². The Morgan fingerprint density at radius 3 is 2.80 bits per heavy atom. The number of thiazole rings is 1. The molecule has 0 aliphatic carbocycles. The predicted molar refractivity (Wildman–Crippen MR) is 95.6 cm³/mol. The number of ether oxygens (including phenoxy) is 1. The summed E-state index contributed by atoms with van der Waals surface area (Å²) in [5.41, 5.74) is 0.951. The van der Waals surface area contributed by atoms with Crippen molar-refractivity contribution in [3.63, 3.8) is 0 Å². The summed E-state index contributed by atoms with van der Waals surface area (Å²) in [5.74, 6) is 0.0934. The second-order valence-electron chi connectivity index (χ2n) is 6.68. The van der Waals surface area contributed by atoms with Crippen LogP contribution < -0.4 is 0 Å². The lowest BCUT2D eigenvalue weighted by molar-refractivity contribution is 0.0105. The fourth-order valence-electron chi connectivity index (χ4n) is 3.79. The summed E-state index contributed by atoms with van der Waals surface area (Å²) in [6.07, 6.45) is 6.42. The molecule has 2 aliphatic rings. The average molecular weight is 361 g/mol. The zero-order valence-electron chi connectivity index (χ0n) is 14.6. The number of carbonyl (C=O) groups is 1. The lowest BCUT2D eigenvalue weighted by atomic mass is 10.1. The topological polar surface area (TPSA) is 63.5 Å². The summed E-state index contributed by atoms with van der Waals surface area (Å²) in [6, 6.07) is 0.646. The van der Waals surface area contributed by atoms with Gasteiger partial charge in [0, 0.05) is 50.5 Å². The van der Waals surface area contributed by atoms with Crippen LogP contribution in [0.3, 0.4) is 0 Å². The molecule has 7 nitrogen and oxygen atoms in total. The first-order valence-corrected chi connectivity index (χ1v) is 9.53. The van der Waals surface area contributed by atoms with E-state index in [0.29, 0.717) is 10.9 Å². The molecule has 0 unspecified atom stereocenters. The highest BCUT2D eigenvalue weighted by molar-refractivity contribution is 7.16. The number of morpholine rings is 1. The molecule has 2 aliphatic heterocycles. The number of aryl methyl sites for hydroxylation is 1. The van der Waals surface area contributed by atoms with Gasteiger partial charge in [-0.3, -0.25) is 14.4 Å². The number of hydrogen-bond acceptors (Lipinski definition) is 6. The van der Waals surface area contributed by atoms with E-state index in [0.717, 1.165) is 49.8 Å². The molecule has 0 spiro atoms. The second-order valence-corrected chi connectivity index (χ2v) is 7.71. The van der Waals surface area contributed by atoms with Gasteiger partial charge in [0.05, 0.1) is 25.6 Å². The zero-order valence-corrected chi connectivity index (χ0v) is 15.4. The SMILES string of the molecule is C[C@@H]1[C@H](N2CCOCC2)CCN1C(=O)c1cnc(-c2cnn(C)c2)s1. The molecule has 2 atom stereocenters. The van der Waals surface area contributed by atoms with Crippen molar-refractivity contribution < 1.29 is 9.53 Å². The highest BCUT2D eigenvalue weighted by Gasteiger charge is 2.38. The molecule has 2 aromatic heterocycles. The average Bonchev–Trinajstić information content (AvgIpc) is 3.34. The van der Waals surface area contributed by atoms with E-state index in [1.54, 1.807) is 17.1 Å². The zero-order chi connectivity index (χ0) is 17.4. The molecule has 2 fully saturated rings. The van der Waals surface area contributed by atoms with Crippen LogP contribution in [0.15, 0.2) is 18.6 Å². The number of amides is 1. The molecule has 4 heterocycles. The van der Waals surface area contributed by atoms with Crippen molar-refractivity contribution in [2.45, 2.75) is 25.4 Å². The number of carbonyl (C=O) groups excluding carboxylic acids is 1. The number of likely N-dealkylation sites (tertiary alicyclic amines) is 1. The van der Waals surface area contributed by atoms with Gasteiger partial charge in [0.25, 0.3) is 5.91 Å². The fraction of sp³-hybridized carbons (Fsp3) is 0.588. The lowest BCUT2D eigenvalue weighted by Gasteiger charge is -2.35. The molecular weight excluding hydrogens is 338 g/mol. The van der Waals surface area contributed by atoms with Crippen molar-refractivity contribution in [1.29, 1.82) is 0 Å². The van der Waals surface area contributed by atoms with Crippen molar-refractivity contribution in [2.75, 3.05) is 32.8 Å². The van der Waals surface area contributed by atoms with Crippen LogP contribution in [-0.2, 0) is 11.8 Å². The summed E-state index contributed by atoms with van der Waals surface area (Å²) < 4.78 is 7.19. The Hall–Kier alpha value is -1.77. The summed E-state index contributed by atoms with van der Waals surface area (Å²) in [5, 5.41) is 5.01. The quantitative estimate of drug-likeness (QED) is 0.829. The standard InChI is InChI=1S/C17H23N5O2S/c1-12-14(21-5-7-24-8-6-21)3-4-22(12)17(23)15-10-18-16(25-15)13-9-19-20(2)11-13/h9-12,14H,3-8H2,1-2H3/t12-,14-/m1/s1. The minimum Gasteiger partial charge on any atom is -0.379 e. The first-order chi connectivity index (χ1) is 12.1. The molecule has 2 aromatic rings. The van der Waals surface area contributed by atoms with Gasteiger partial charge in [0.15, 0.2) is 0 Å². The summed E-state index contributed by atoms with van der Waals surface area (Å²) in [6.45, 7) is 6.47. The van der Waals surface area contributed by atoms with Crippen LogP contribution in [-0.4, -0.2) is 75.4 Å². The third-order valence-electron chi connectivity index (χ3n) is 5.16. The number of nitrogens with zero attached hydrogens (tertiary/aromatic N) is 5. The third kappa shape index (κ3) is 3.21. The van der Waals surface area contributed by atoms with Crippen LogP contribution in [0, 0.1) is 0 Å². The van der Waals surface area contributed by atoms with E-state index in [1.165, 1.54) is 11.3 Å². The van der Waals surface area contributed by atoms with Crippen molar-refractivity contribution in [3.8, 4) is 10.6 Å². The molecule has 0 aromatic carbocycles. The van der Waals surface area contributed by atoms with E-state index in [2.05, 4.69) is 21.9 Å². The van der Waals surface area contributed by atoms with Crippen molar-refractivity contribution in [1.82, 2.24) is 24.6 Å². The summed E-state index contributed by atoms with van der Waals surface area (Å²) in [7, 11) is 1.88. The molecule has 0 N–H and O–H groups in total. The molecule has 0 saturated carbocycles. The first-order valence-electron chi connectivity index (χ1n) is 8.71. The Bertz CT molecular complexity index is 752. The molecular formula is C17H23N5O2S. The van der Waals surface area contributed by atoms with Crippen LogP contribution in [0.2, 0.25) is 0 Å². The van der Waals surface area contributed by atoms with Crippen molar-refractivity contribution >= 4 is 17.2 Å². The van der Waals surface area contributed by atoms with Crippen molar-refractivity contribution in [3.05, 3.63) is 23.5 Å². The van der Waals surface area contributed by atoms with Gasteiger partial charge in [-0.15, -0.1) is 11.3 Å². The highest BCUT2D eigenvalue weighted by atomic mass is 32.1. The van der Waals surface area contributed by atoms with E-state index in [4.69, 9.17) is 4.74 Å². The molecule has 8 heteroatoms. The van der Waals surface area contributed by atoms with E-state index in [9.17, 15) is 4.79 Å². The van der Waals surface area contributed by atoms with Gasteiger partial charge < -0.3 is 9.64 Å². The van der Waals surface area contributed by atoms with Crippen molar-refractivity contribution in [2.24, 2.45) is 7.05 Å². The first kappa shape index (κ1) is 16.7. The Morgan fingerprint density at radius 2 is 2.08 bits per heavy atom. The lowest BCUT2D eigenvalue weighted by Crippen LogP contribution is -2.49. The van der Waals surface area contributed by atoms with E-state index in [1.807, 2.05) is 18.1 Å². The van der Waals surface area contributed by atoms with Gasteiger partial charge >= 0.3 is 0 Å². The number of aromatic nitrogens is 3. The number of hydrogen-bond donors (Lipinski definition) is 0. The van der Waals surface area contributed by atoms with Gasteiger partial charge in [0.2, 0.25) is 0 Å². The number of rotatable bonds is 3. The van der Waals surface area contributed by atoms with Crippen LogP contribution in [0.25, 0.3) is 10.6 Å². The fourth-order valence-corrected chi connectivity index (χ4v) is 4.63. The van der Waals surface area contributed by atoms with Gasteiger partial charge in [0.1, 0.15) is 9.88 Å². The van der Waals surface area contributed by atoms with Crippen LogP contribution >= 0.6 is 11.3 Å². The smallest absolute Gasteiger partial charge is 0.265 e. The predicted octanol–water partition coefficient (Wildman–Crippen LogP) is 1.48.